The summed E-state index contributed by atoms with van der Waals surface area (Å²) < 4.78 is 24.6. The SMILES string of the molecule is CC(=O)N[C@]12CC(=O)[C@H]3O[C@H](O[C@H]3[C@H]1OCc1ccccc1)[C@H]2OCc1ccccc1. The van der Waals surface area contributed by atoms with E-state index in [9.17, 15) is 9.59 Å². The third kappa shape index (κ3) is 3.68. The molecule has 0 spiro atoms. The molecule has 2 aromatic rings. The maximum absolute atomic E-state index is 12.9. The van der Waals surface area contributed by atoms with Crippen LogP contribution in [0.4, 0.5) is 0 Å². The Kier molecular flexibility index (Phi) is 5.35. The minimum atomic E-state index is -1.06. The Morgan fingerprint density at radius 2 is 1.55 bits per heavy atom. The Balaban J connectivity index is 1.46. The lowest BCUT2D eigenvalue weighted by atomic mass is 9.71. The van der Waals surface area contributed by atoms with Crippen LogP contribution in [-0.2, 0) is 41.8 Å². The van der Waals surface area contributed by atoms with Gasteiger partial charge in [0.1, 0.15) is 30.0 Å². The summed E-state index contributed by atoms with van der Waals surface area (Å²) in [5.41, 5.74) is 0.904. The Bertz CT molecular complexity index is 904. The monoisotopic (exact) mass is 423 g/mol. The molecular weight excluding hydrogens is 398 g/mol. The predicted molar refractivity (Wildman–Crippen MR) is 110 cm³/mol. The van der Waals surface area contributed by atoms with Crippen molar-refractivity contribution in [1.82, 2.24) is 5.32 Å². The lowest BCUT2D eigenvalue weighted by Gasteiger charge is -2.52. The highest BCUT2D eigenvalue weighted by Gasteiger charge is 2.70. The number of ether oxygens (including phenoxy) is 4. The number of hydrogen-bond acceptors (Lipinski definition) is 6. The molecule has 2 saturated heterocycles. The molecule has 1 amide bonds. The highest BCUT2D eigenvalue weighted by atomic mass is 16.8. The van der Waals surface area contributed by atoms with E-state index in [0.29, 0.717) is 13.2 Å². The van der Waals surface area contributed by atoms with Gasteiger partial charge < -0.3 is 24.3 Å². The molecule has 6 atom stereocenters. The van der Waals surface area contributed by atoms with Crippen molar-refractivity contribution in [1.29, 1.82) is 0 Å². The highest BCUT2D eigenvalue weighted by molar-refractivity contribution is 5.88. The number of hydrogen-bond donors (Lipinski definition) is 1. The zero-order valence-electron chi connectivity index (χ0n) is 17.2. The zero-order chi connectivity index (χ0) is 21.4. The van der Waals surface area contributed by atoms with Gasteiger partial charge in [-0.1, -0.05) is 60.7 Å². The third-order valence-corrected chi connectivity index (χ3v) is 6.17. The molecule has 1 saturated carbocycles. The van der Waals surface area contributed by atoms with Gasteiger partial charge in [-0.25, -0.2) is 0 Å². The van der Waals surface area contributed by atoms with E-state index >= 15 is 0 Å². The lowest BCUT2D eigenvalue weighted by molar-refractivity contribution is -0.252. The molecule has 3 bridgehead atoms. The number of rotatable bonds is 7. The maximum Gasteiger partial charge on any atom is 0.217 e. The van der Waals surface area contributed by atoms with Crippen LogP contribution in [0.25, 0.3) is 0 Å². The molecule has 2 aromatic carbocycles. The van der Waals surface area contributed by atoms with Gasteiger partial charge in [0.05, 0.1) is 13.2 Å². The Morgan fingerprint density at radius 3 is 2.13 bits per heavy atom. The van der Waals surface area contributed by atoms with Crippen molar-refractivity contribution in [3.8, 4) is 0 Å². The number of nitrogens with one attached hydrogen (secondary N) is 1. The molecule has 1 aliphatic carbocycles. The first-order chi connectivity index (χ1) is 15.1. The summed E-state index contributed by atoms with van der Waals surface area (Å²) in [4.78, 5) is 25.1. The zero-order valence-corrected chi connectivity index (χ0v) is 17.2. The molecule has 31 heavy (non-hydrogen) atoms. The van der Waals surface area contributed by atoms with Crippen molar-refractivity contribution in [2.45, 2.75) is 62.8 Å². The van der Waals surface area contributed by atoms with E-state index in [1.165, 1.54) is 6.92 Å². The maximum atomic E-state index is 12.9. The van der Waals surface area contributed by atoms with E-state index in [-0.39, 0.29) is 18.1 Å². The standard InChI is InChI=1S/C24H25NO6/c1-15(26)25-24-12-18(27)19-20(21(24)28-13-16-8-4-2-5-9-16)31-23(30-19)22(24)29-14-17-10-6-3-7-11-17/h2-11,19-23H,12-14H2,1H3,(H,25,26)/t19-,20-,21-,22-,23-,24-/m1/s1. The average Bonchev–Trinajstić information content (AvgIpc) is 3.12. The van der Waals surface area contributed by atoms with Gasteiger partial charge in [0.25, 0.3) is 0 Å². The second-order valence-electron chi connectivity index (χ2n) is 8.32. The topological polar surface area (TPSA) is 83.1 Å². The van der Waals surface area contributed by atoms with Crippen molar-refractivity contribution < 1.29 is 28.5 Å². The average molecular weight is 423 g/mol. The van der Waals surface area contributed by atoms with Gasteiger partial charge in [-0.15, -0.1) is 0 Å². The summed E-state index contributed by atoms with van der Waals surface area (Å²) in [5.74, 6) is -0.360. The fraction of sp³-hybridized carbons (Fsp3) is 0.417. The number of fused-ring (bicyclic) bond motifs is 2. The van der Waals surface area contributed by atoms with E-state index in [2.05, 4.69) is 5.32 Å². The van der Waals surface area contributed by atoms with E-state index in [1.54, 1.807) is 0 Å². The van der Waals surface area contributed by atoms with Gasteiger partial charge in [0.2, 0.25) is 5.91 Å². The Hall–Kier alpha value is -2.58. The molecule has 5 rings (SSSR count). The molecule has 1 N–H and O–H groups in total. The molecule has 2 heterocycles. The van der Waals surface area contributed by atoms with Crippen LogP contribution < -0.4 is 5.32 Å². The van der Waals surface area contributed by atoms with Gasteiger partial charge in [-0.3, -0.25) is 9.59 Å². The molecule has 0 unspecified atom stereocenters. The fourth-order valence-corrected chi connectivity index (χ4v) is 4.91. The van der Waals surface area contributed by atoms with E-state index in [0.717, 1.165) is 11.1 Å². The normalized spacial score (nSPS) is 33.5. The van der Waals surface area contributed by atoms with Crippen molar-refractivity contribution >= 4 is 11.7 Å². The molecule has 3 aliphatic rings. The van der Waals surface area contributed by atoms with Crippen LogP contribution in [0.15, 0.2) is 60.7 Å². The van der Waals surface area contributed by atoms with Crippen molar-refractivity contribution in [3.63, 3.8) is 0 Å². The first kappa shape index (κ1) is 20.3. The second kappa shape index (κ2) is 8.16. The summed E-state index contributed by atoms with van der Waals surface area (Å²) >= 11 is 0. The molecule has 0 radical (unpaired) electrons. The highest BCUT2D eigenvalue weighted by Crippen LogP contribution is 2.48. The third-order valence-electron chi connectivity index (χ3n) is 6.17. The van der Waals surface area contributed by atoms with Crippen LogP contribution in [0.5, 0.6) is 0 Å². The fourth-order valence-electron chi connectivity index (χ4n) is 4.91. The number of Topliss-reactive ketones (excluding diaryl/α,β-unsaturated/α-hetero) is 1. The Labute approximate surface area is 180 Å². The van der Waals surface area contributed by atoms with Gasteiger partial charge in [-0.05, 0) is 11.1 Å². The molecular formula is C24H25NO6. The first-order valence-electron chi connectivity index (χ1n) is 10.5. The summed E-state index contributed by atoms with van der Waals surface area (Å²) in [6, 6.07) is 19.5. The number of ketones is 1. The number of benzene rings is 2. The van der Waals surface area contributed by atoms with E-state index in [1.807, 2.05) is 60.7 Å². The smallest absolute Gasteiger partial charge is 0.217 e. The minimum absolute atomic E-state index is 0.0759. The molecule has 7 heteroatoms. The molecule has 2 aliphatic heterocycles. The molecule has 7 nitrogen and oxygen atoms in total. The Morgan fingerprint density at radius 1 is 0.968 bits per heavy atom. The number of amides is 1. The minimum Gasteiger partial charge on any atom is -0.368 e. The van der Waals surface area contributed by atoms with Gasteiger partial charge in [-0.2, -0.15) is 0 Å². The van der Waals surface area contributed by atoms with Gasteiger partial charge >= 0.3 is 0 Å². The van der Waals surface area contributed by atoms with Crippen LogP contribution in [0, 0.1) is 0 Å². The largest absolute Gasteiger partial charge is 0.368 e. The molecule has 162 valence electrons. The molecule has 0 aromatic heterocycles. The number of carbonyl (C=O) groups is 2. The lowest BCUT2D eigenvalue weighted by Crippen LogP contribution is -2.75. The van der Waals surface area contributed by atoms with Crippen molar-refractivity contribution in [2.24, 2.45) is 0 Å². The summed E-state index contributed by atoms with van der Waals surface area (Å²) in [5, 5.41) is 3.02. The first-order valence-corrected chi connectivity index (χ1v) is 10.5. The second-order valence-corrected chi connectivity index (χ2v) is 8.32. The van der Waals surface area contributed by atoms with Crippen LogP contribution in [0.3, 0.4) is 0 Å². The van der Waals surface area contributed by atoms with Crippen molar-refractivity contribution in [2.75, 3.05) is 0 Å². The van der Waals surface area contributed by atoms with Crippen LogP contribution in [0.2, 0.25) is 0 Å². The van der Waals surface area contributed by atoms with E-state index < -0.39 is 36.2 Å². The van der Waals surface area contributed by atoms with E-state index in [4.69, 9.17) is 18.9 Å². The van der Waals surface area contributed by atoms with Crippen molar-refractivity contribution in [3.05, 3.63) is 71.8 Å². The summed E-state index contributed by atoms with van der Waals surface area (Å²) in [6.07, 6.45) is -3.24. The van der Waals surface area contributed by atoms with Gasteiger partial charge in [0, 0.05) is 13.3 Å². The number of carbonyl (C=O) groups excluding carboxylic acids is 2. The van der Waals surface area contributed by atoms with Gasteiger partial charge in [0.15, 0.2) is 12.1 Å². The quantitative estimate of drug-likeness (QED) is 0.735. The summed E-state index contributed by atoms with van der Waals surface area (Å²) in [6.45, 7) is 2.06. The summed E-state index contributed by atoms with van der Waals surface area (Å²) in [7, 11) is 0. The van der Waals surface area contributed by atoms with Crippen LogP contribution >= 0.6 is 0 Å². The predicted octanol–water partition coefficient (Wildman–Crippen LogP) is 2.13. The van der Waals surface area contributed by atoms with Crippen LogP contribution in [-0.4, -0.2) is 47.9 Å². The molecule has 3 fully saturated rings. The van der Waals surface area contributed by atoms with Crippen LogP contribution in [0.1, 0.15) is 24.5 Å².